The Bertz CT molecular complexity index is 722. The van der Waals surface area contributed by atoms with Gasteiger partial charge in [-0.15, -0.1) is 0 Å². The van der Waals surface area contributed by atoms with E-state index in [-0.39, 0.29) is 12.1 Å². The molecule has 3 aliphatic rings. The number of fused-ring (bicyclic) bond motifs is 4. The van der Waals surface area contributed by atoms with Gasteiger partial charge in [-0.2, -0.15) is 4.37 Å². The Balaban J connectivity index is 1.53. The average molecular weight is 332 g/mol. The summed E-state index contributed by atoms with van der Waals surface area (Å²) in [6, 6.07) is 5.66. The van der Waals surface area contributed by atoms with E-state index in [0.29, 0.717) is 17.4 Å². The van der Waals surface area contributed by atoms with E-state index in [1.54, 1.807) is 0 Å². The van der Waals surface area contributed by atoms with Gasteiger partial charge in [0.2, 0.25) is 0 Å². The zero-order valence-electron chi connectivity index (χ0n) is 13.2. The molecule has 0 saturated carbocycles. The minimum atomic E-state index is -0.236. The van der Waals surface area contributed by atoms with Gasteiger partial charge < -0.3 is 9.47 Å². The second kappa shape index (κ2) is 6.09. The van der Waals surface area contributed by atoms with Gasteiger partial charge in [0.25, 0.3) is 0 Å². The molecule has 3 aliphatic heterocycles. The van der Waals surface area contributed by atoms with Gasteiger partial charge in [0.05, 0.1) is 12.1 Å². The lowest BCUT2D eigenvalue weighted by molar-refractivity contribution is -0.0451. The summed E-state index contributed by atoms with van der Waals surface area (Å²) in [5.74, 6) is 1.07. The first-order chi connectivity index (χ1) is 11.2. The Morgan fingerprint density at radius 3 is 2.91 bits per heavy atom. The molecule has 1 aromatic heterocycles. The molecule has 6 heteroatoms. The minimum absolute atomic E-state index is 0.0323. The molecule has 2 aromatic rings. The van der Waals surface area contributed by atoms with Crippen molar-refractivity contribution in [3.8, 4) is 5.75 Å². The average Bonchev–Trinajstić information content (AvgIpc) is 2.99. The van der Waals surface area contributed by atoms with E-state index < -0.39 is 0 Å². The molecule has 3 fully saturated rings. The first kappa shape index (κ1) is 14.9. The van der Waals surface area contributed by atoms with E-state index in [4.69, 9.17) is 9.47 Å². The van der Waals surface area contributed by atoms with Crippen molar-refractivity contribution in [1.29, 1.82) is 0 Å². The second-order valence-corrected chi connectivity index (χ2v) is 6.98. The number of piperidine rings is 3. The molecule has 0 unspecified atom stereocenters. The van der Waals surface area contributed by atoms with Crippen LogP contribution in [0, 0.1) is 5.92 Å². The fraction of sp³-hybridized carbons (Fsp3) is 0.529. The number of benzene rings is 1. The van der Waals surface area contributed by atoms with E-state index in [1.165, 1.54) is 11.5 Å². The molecule has 23 heavy (non-hydrogen) atoms. The van der Waals surface area contributed by atoms with E-state index in [0.717, 1.165) is 49.1 Å². The zero-order chi connectivity index (χ0) is 15.8. The van der Waals surface area contributed by atoms with E-state index in [1.807, 2.05) is 25.1 Å². The van der Waals surface area contributed by atoms with Crippen LogP contribution in [0.2, 0.25) is 0 Å². The van der Waals surface area contributed by atoms with E-state index >= 15 is 0 Å². The summed E-state index contributed by atoms with van der Waals surface area (Å²) in [4.78, 5) is 15.6. The number of ether oxygens (including phenoxy) is 2. The van der Waals surface area contributed by atoms with Gasteiger partial charge in [-0.1, -0.05) is 0 Å². The van der Waals surface area contributed by atoms with Crippen molar-refractivity contribution in [2.24, 2.45) is 5.92 Å². The number of rotatable bonds is 4. The van der Waals surface area contributed by atoms with Crippen LogP contribution in [0.25, 0.3) is 10.9 Å². The van der Waals surface area contributed by atoms with Gasteiger partial charge in [-0.25, -0.2) is 4.79 Å². The standard InChI is InChI=1S/C17H20N2O3S/c1-2-21-12-3-4-13-14(9-12)18-23-16(13)17(20)22-15-10-19-7-5-11(15)6-8-19/h3-4,9,11,15H,2,5-8,10H2,1H3/t15-/m1/s1. The Morgan fingerprint density at radius 2 is 2.22 bits per heavy atom. The molecule has 2 bridgehead atoms. The van der Waals surface area contributed by atoms with Crippen LogP contribution in [-0.2, 0) is 4.74 Å². The number of carbonyl (C=O) groups excluding carboxylic acids is 1. The molecular formula is C17H20N2O3S. The third-order valence-corrected chi connectivity index (χ3v) is 5.66. The maximum Gasteiger partial charge on any atom is 0.350 e. The summed E-state index contributed by atoms with van der Waals surface area (Å²) < 4.78 is 15.7. The summed E-state index contributed by atoms with van der Waals surface area (Å²) in [7, 11) is 0. The Labute approximate surface area is 139 Å². The highest BCUT2D eigenvalue weighted by Gasteiger charge is 2.37. The summed E-state index contributed by atoms with van der Waals surface area (Å²) in [6.45, 7) is 5.72. The molecule has 3 saturated heterocycles. The van der Waals surface area contributed by atoms with Crippen LogP contribution >= 0.6 is 11.5 Å². The Kier molecular flexibility index (Phi) is 3.95. The quantitative estimate of drug-likeness (QED) is 0.806. The number of aromatic nitrogens is 1. The molecule has 0 N–H and O–H groups in total. The fourth-order valence-corrected chi connectivity index (χ4v) is 4.30. The SMILES string of the molecule is CCOc1ccc2c(C(=O)O[C@@H]3CN4CCC3CC4)snc2c1. The highest BCUT2D eigenvalue weighted by molar-refractivity contribution is 7.09. The highest BCUT2D eigenvalue weighted by atomic mass is 32.1. The Hall–Kier alpha value is -1.66. The molecule has 5 rings (SSSR count). The van der Waals surface area contributed by atoms with Crippen molar-refractivity contribution in [3.63, 3.8) is 0 Å². The summed E-state index contributed by atoms with van der Waals surface area (Å²) in [6.07, 6.45) is 2.31. The third-order valence-electron chi connectivity index (χ3n) is 4.80. The Morgan fingerprint density at radius 1 is 1.39 bits per heavy atom. The third kappa shape index (κ3) is 2.81. The number of hydrogen-bond donors (Lipinski definition) is 0. The van der Waals surface area contributed by atoms with Crippen LogP contribution in [-0.4, -0.2) is 47.6 Å². The fourth-order valence-electron chi connectivity index (χ4n) is 3.56. The monoisotopic (exact) mass is 332 g/mol. The molecule has 122 valence electrons. The molecule has 1 atom stereocenters. The zero-order valence-corrected chi connectivity index (χ0v) is 14.0. The predicted molar refractivity (Wildman–Crippen MR) is 89.2 cm³/mol. The predicted octanol–water partition coefficient (Wildman–Crippen LogP) is 2.95. The van der Waals surface area contributed by atoms with Crippen molar-refractivity contribution >= 4 is 28.4 Å². The summed E-state index contributed by atoms with van der Waals surface area (Å²) in [5, 5.41) is 0.852. The van der Waals surface area contributed by atoms with Gasteiger partial charge in [0.1, 0.15) is 16.7 Å². The molecule has 0 radical (unpaired) electrons. The van der Waals surface area contributed by atoms with Crippen molar-refractivity contribution in [1.82, 2.24) is 9.27 Å². The maximum absolute atomic E-state index is 12.6. The first-order valence-electron chi connectivity index (χ1n) is 8.20. The normalized spacial score (nSPS) is 26.4. The lowest BCUT2D eigenvalue weighted by atomic mass is 9.86. The van der Waals surface area contributed by atoms with Gasteiger partial charge >= 0.3 is 5.97 Å². The van der Waals surface area contributed by atoms with Crippen molar-refractivity contribution in [2.75, 3.05) is 26.2 Å². The minimum Gasteiger partial charge on any atom is -0.494 e. The lowest BCUT2D eigenvalue weighted by Crippen LogP contribution is -2.51. The summed E-state index contributed by atoms with van der Waals surface area (Å²) in [5.41, 5.74) is 0.793. The van der Waals surface area contributed by atoms with Gasteiger partial charge in [0, 0.05) is 18.0 Å². The lowest BCUT2D eigenvalue weighted by Gasteiger charge is -2.43. The van der Waals surface area contributed by atoms with Gasteiger partial charge in [-0.3, -0.25) is 4.90 Å². The van der Waals surface area contributed by atoms with Crippen LogP contribution in [0.1, 0.15) is 29.4 Å². The number of esters is 1. The number of carbonyl (C=O) groups is 1. The highest BCUT2D eigenvalue weighted by Crippen LogP contribution is 2.32. The number of hydrogen-bond acceptors (Lipinski definition) is 6. The largest absolute Gasteiger partial charge is 0.494 e. The first-order valence-corrected chi connectivity index (χ1v) is 8.97. The van der Waals surface area contributed by atoms with E-state index in [2.05, 4.69) is 9.27 Å². The van der Waals surface area contributed by atoms with Crippen molar-refractivity contribution in [3.05, 3.63) is 23.1 Å². The topological polar surface area (TPSA) is 51.7 Å². The molecule has 4 heterocycles. The van der Waals surface area contributed by atoms with Gasteiger partial charge in [0.15, 0.2) is 0 Å². The van der Waals surface area contributed by atoms with Gasteiger partial charge in [-0.05, 0) is 62.4 Å². The molecule has 5 nitrogen and oxygen atoms in total. The van der Waals surface area contributed by atoms with Crippen LogP contribution in [0.5, 0.6) is 5.75 Å². The second-order valence-electron chi connectivity index (χ2n) is 6.21. The molecule has 1 aromatic carbocycles. The number of nitrogens with zero attached hydrogens (tertiary/aromatic N) is 2. The molecule has 0 aliphatic carbocycles. The summed E-state index contributed by atoms with van der Waals surface area (Å²) >= 11 is 1.21. The van der Waals surface area contributed by atoms with Crippen molar-refractivity contribution < 1.29 is 14.3 Å². The molecule has 0 amide bonds. The smallest absolute Gasteiger partial charge is 0.350 e. The maximum atomic E-state index is 12.6. The van der Waals surface area contributed by atoms with E-state index in [9.17, 15) is 4.79 Å². The molecular weight excluding hydrogens is 312 g/mol. The van der Waals surface area contributed by atoms with Crippen molar-refractivity contribution in [2.45, 2.75) is 25.9 Å². The van der Waals surface area contributed by atoms with Crippen LogP contribution in [0.15, 0.2) is 18.2 Å². The molecule has 0 spiro atoms. The van der Waals surface area contributed by atoms with Crippen LogP contribution in [0.4, 0.5) is 0 Å². The van der Waals surface area contributed by atoms with Crippen LogP contribution in [0.3, 0.4) is 0 Å². The van der Waals surface area contributed by atoms with Crippen LogP contribution < -0.4 is 4.74 Å².